The molecule has 0 saturated carbocycles. The zero-order valence-electron chi connectivity index (χ0n) is 12.3. The van der Waals surface area contributed by atoms with E-state index >= 15 is 0 Å². The number of rotatable bonds is 9. The van der Waals surface area contributed by atoms with Crippen molar-refractivity contribution in [1.82, 2.24) is 5.32 Å². The van der Waals surface area contributed by atoms with Crippen LogP contribution in [0.5, 0.6) is 0 Å². The van der Waals surface area contributed by atoms with Gasteiger partial charge >= 0.3 is 0 Å². The summed E-state index contributed by atoms with van der Waals surface area (Å²) in [7, 11) is 0. The summed E-state index contributed by atoms with van der Waals surface area (Å²) >= 11 is 0. The first kappa shape index (κ1) is 15.2. The summed E-state index contributed by atoms with van der Waals surface area (Å²) in [5, 5.41) is 3.63. The van der Waals surface area contributed by atoms with Crippen molar-refractivity contribution in [2.75, 3.05) is 6.54 Å². The molecule has 0 aromatic heterocycles. The molecule has 0 heterocycles. The first-order chi connectivity index (χ1) is 8.80. The van der Waals surface area contributed by atoms with E-state index in [0.717, 1.165) is 6.54 Å². The van der Waals surface area contributed by atoms with Gasteiger partial charge < -0.3 is 5.32 Å². The lowest BCUT2D eigenvalue weighted by Crippen LogP contribution is -2.29. The third-order valence-corrected chi connectivity index (χ3v) is 3.49. The van der Waals surface area contributed by atoms with E-state index in [9.17, 15) is 0 Å². The fourth-order valence-corrected chi connectivity index (χ4v) is 2.37. The molecule has 0 aliphatic heterocycles. The van der Waals surface area contributed by atoms with Gasteiger partial charge in [0.25, 0.3) is 0 Å². The van der Waals surface area contributed by atoms with E-state index in [1.54, 1.807) is 0 Å². The molecule has 1 rings (SSSR count). The minimum Gasteiger partial charge on any atom is -0.314 e. The van der Waals surface area contributed by atoms with Crippen molar-refractivity contribution >= 4 is 0 Å². The average Bonchev–Trinajstić information content (AvgIpc) is 2.40. The van der Waals surface area contributed by atoms with Gasteiger partial charge in [-0.2, -0.15) is 0 Å². The summed E-state index contributed by atoms with van der Waals surface area (Å²) in [5.41, 5.74) is 2.99. The van der Waals surface area contributed by atoms with E-state index in [4.69, 9.17) is 0 Å². The summed E-state index contributed by atoms with van der Waals surface area (Å²) in [6, 6.07) is 9.79. The van der Waals surface area contributed by atoms with E-state index in [0.29, 0.717) is 6.04 Å². The number of hydrogen-bond acceptors (Lipinski definition) is 1. The van der Waals surface area contributed by atoms with E-state index in [2.05, 4.69) is 50.4 Å². The molecule has 102 valence electrons. The van der Waals surface area contributed by atoms with Crippen LogP contribution < -0.4 is 5.32 Å². The molecule has 1 nitrogen and oxygen atoms in total. The molecule has 0 spiro atoms. The molecule has 0 bridgehead atoms. The molecule has 0 aliphatic carbocycles. The van der Waals surface area contributed by atoms with Crippen LogP contribution in [0.25, 0.3) is 0 Å². The van der Waals surface area contributed by atoms with Crippen molar-refractivity contribution in [3.63, 3.8) is 0 Å². The Labute approximate surface area is 113 Å². The lowest BCUT2D eigenvalue weighted by atomic mass is 10.0. The minimum atomic E-state index is 0.680. The van der Waals surface area contributed by atoms with Gasteiger partial charge in [-0.15, -0.1) is 0 Å². The third kappa shape index (κ3) is 5.68. The summed E-state index contributed by atoms with van der Waals surface area (Å²) in [6.07, 6.45) is 7.36. The third-order valence-electron chi connectivity index (χ3n) is 3.49. The molecule has 18 heavy (non-hydrogen) atoms. The lowest BCUT2D eigenvalue weighted by molar-refractivity contribution is 0.468. The van der Waals surface area contributed by atoms with Crippen molar-refractivity contribution in [1.29, 1.82) is 0 Å². The van der Waals surface area contributed by atoms with Gasteiger partial charge in [0.15, 0.2) is 0 Å². The first-order valence-corrected chi connectivity index (χ1v) is 7.61. The maximum Gasteiger partial charge on any atom is 0.00676 e. The highest BCUT2D eigenvalue weighted by atomic mass is 14.9. The molecule has 1 aromatic rings. The SMILES string of the molecule is CCCNC(CC)CCc1cccc(CCC)c1. The Bertz CT molecular complexity index is 319. The second-order valence-corrected chi connectivity index (χ2v) is 5.17. The maximum absolute atomic E-state index is 3.63. The van der Waals surface area contributed by atoms with Gasteiger partial charge in [0.2, 0.25) is 0 Å². The van der Waals surface area contributed by atoms with Crippen LogP contribution in [-0.2, 0) is 12.8 Å². The number of nitrogens with one attached hydrogen (secondary N) is 1. The largest absolute Gasteiger partial charge is 0.314 e. The normalized spacial score (nSPS) is 12.6. The van der Waals surface area contributed by atoms with Gasteiger partial charge in [-0.1, -0.05) is 51.5 Å². The monoisotopic (exact) mass is 247 g/mol. The van der Waals surface area contributed by atoms with Crippen molar-refractivity contribution < 1.29 is 0 Å². The Morgan fingerprint density at radius 3 is 2.33 bits per heavy atom. The highest BCUT2D eigenvalue weighted by Gasteiger charge is 2.05. The Morgan fingerprint density at radius 2 is 1.72 bits per heavy atom. The lowest BCUT2D eigenvalue weighted by Gasteiger charge is -2.16. The van der Waals surface area contributed by atoms with Gasteiger partial charge in [-0.3, -0.25) is 0 Å². The molecule has 0 fully saturated rings. The van der Waals surface area contributed by atoms with E-state index in [1.807, 2.05) is 0 Å². The van der Waals surface area contributed by atoms with E-state index in [1.165, 1.54) is 49.7 Å². The van der Waals surface area contributed by atoms with Gasteiger partial charge in [0, 0.05) is 6.04 Å². The number of benzene rings is 1. The van der Waals surface area contributed by atoms with Gasteiger partial charge in [0.1, 0.15) is 0 Å². The fourth-order valence-electron chi connectivity index (χ4n) is 2.37. The Hall–Kier alpha value is -0.820. The molecule has 1 aromatic carbocycles. The van der Waals surface area contributed by atoms with Crippen molar-refractivity contribution in [2.24, 2.45) is 0 Å². The smallest absolute Gasteiger partial charge is 0.00676 e. The average molecular weight is 247 g/mol. The zero-order chi connectivity index (χ0) is 13.2. The predicted octanol–water partition coefficient (Wildman–Crippen LogP) is 4.35. The van der Waals surface area contributed by atoms with E-state index < -0.39 is 0 Å². The van der Waals surface area contributed by atoms with Crippen molar-refractivity contribution in [2.45, 2.75) is 65.3 Å². The second kappa shape index (κ2) is 9.16. The maximum atomic E-state index is 3.63. The molecule has 0 saturated heterocycles. The van der Waals surface area contributed by atoms with Gasteiger partial charge in [-0.05, 0) is 49.8 Å². The summed E-state index contributed by atoms with van der Waals surface area (Å²) in [5.74, 6) is 0. The highest BCUT2D eigenvalue weighted by Crippen LogP contribution is 2.11. The van der Waals surface area contributed by atoms with Crippen LogP contribution in [0.3, 0.4) is 0 Å². The van der Waals surface area contributed by atoms with Crippen molar-refractivity contribution in [3.8, 4) is 0 Å². The molecular weight excluding hydrogens is 218 g/mol. The van der Waals surface area contributed by atoms with Crippen LogP contribution >= 0.6 is 0 Å². The van der Waals surface area contributed by atoms with Crippen LogP contribution in [0.15, 0.2) is 24.3 Å². The van der Waals surface area contributed by atoms with E-state index in [-0.39, 0.29) is 0 Å². The van der Waals surface area contributed by atoms with Crippen molar-refractivity contribution in [3.05, 3.63) is 35.4 Å². The molecule has 0 radical (unpaired) electrons. The quantitative estimate of drug-likeness (QED) is 0.684. The van der Waals surface area contributed by atoms with Crippen LogP contribution in [0.4, 0.5) is 0 Å². The summed E-state index contributed by atoms with van der Waals surface area (Å²) < 4.78 is 0. The Balaban J connectivity index is 2.43. The van der Waals surface area contributed by atoms with Gasteiger partial charge in [-0.25, -0.2) is 0 Å². The minimum absolute atomic E-state index is 0.680. The number of hydrogen-bond donors (Lipinski definition) is 1. The Morgan fingerprint density at radius 1 is 1.00 bits per heavy atom. The molecule has 0 amide bonds. The van der Waals surface area contributed by atoms with Crippen LogP contribution in [-0.4, -0.2) is 12.6 Å². The molecule has 1 atom stereocenters. The van der Waals surface area contributed by atoms with Gasteiger partial charge in [0.05, 0.1) is 0 Å². The predicted molar refractivity (Wildman–Crippen MR) is 81.1 cm³/mol. The van der Waals surface area contributed by atoms with Crippen LogP contribution in [0.2, 0.25) is 0 Å². The second-order valence-electron chi connectivity index (χ2n) is 5.17. The summed E-state index contributed by atoms with van der Waals surface area (Å²) in [4.78, 5) is 0. The number of aryl methyl sites for hydroxylation is 2. The molecule has 1 N–H and O–H groups in total. The molecule has 1 heteroatoms. The molecule has 0 aliphatic rings. The first-order valence-electron chi connectivity index (χ1n) is 7.61. The molecule has 1 unspecified atom stereocenters. The topological polar surface area (TPSA) is 12.0 Å². The Kier molecular flexibility index (Phi) is 7.75. The highest BCUT2D eigenvalue weighted by molar-refractivity contribution is 5.23. The fraction of sp³-hybridized carbons (Fsp3) is 0.647. The van der Waals surface area contributed by atoms with Crippen LogP contribution in [0, 0.1) is 0 Å². The standard InChI is InChI=1S/C17H29N/c1-4-8-15-9-7-10-16(14-15)11-12-17(6-3)18-13-5-2/h7,9-10,14,17-18H,4-6,8,11-13H2,1-3H3. The molecular formula is C17H29N. The summed E-state index contributed by atoms with van der Waals surface area (Å²) in [6.45, 7) is 7.90. The van der Waals surface area contributed by atoms with Crippen LogP contribution in [0.1, 0.15) is 57.6 Å². The zero-order valence-corrected chi connectivity index (χ0v) is 12.3.